The molecule has 0 radical (unpaired) electrons. The number of nitrogen functional groups attached to an aromatic ring is 3. The van der Waals surface area contributed by atoms with Crippen LogP contribution in [0, 0.1) is 17.5 Å². The summed E-state index contributed by atoms with van der Waals surface area (Å²) in [7, 11) is 0. The molecule has 0 fully saturated rings. The number of anilines is 6. The average Bonchev–Trinajstić information content (AvgIpc) is 3.04. The Bertz CT molecular complexity index is 1760. The molecular formula is C36H27F3N4O3. The van der Waals surface area contributed by atoms with Gasteiger partial charge in [-0.3, -0.25) is 0 Å². The fraction of sp³-hybridized carbons (Fsp3) is 0. The van der Waals surface area contributed by atoms with Gasteiger partial charge in [0.2, 0.25) is 0 Å². The first-order valence-electron chi connectivity index (χ1n) is 14.0. The fourth-order valence-corrected chi connectivity index (χ4v) is 4.62. The van der Waals surface area contributed by atoms with Gasteiger partial charge in [0, 0.05) is 52.3 Å². The number of hydrogen-bond acceptors (Lipinski definition) is 7. The van der Waals surface area contributed by atoms with Gasteiger partial charge in [-0.15, -0.1) is 0 Å². The minimum absolute atomic E-state index is 0.0417. The van der Waals surface area contributed by atoms with Gasteiger partial charge in [-0.2, -0.15) is 0 Å². The van der Waals surface area contributed by atoms with Crippen molar-refractivity contribution in [2.75, 3.05) is 22.1 Å². The molecule has 0 aliphatic heterocycles. The highest BCUT2D eigenvalue weighted by atomic mass is 19.1. The molecule has 10 heteroatoms. The van der Waals surface area contributed by atoms with Crippen molar-refractivity contribution in [1.82, 2.24) is 0 Å². The molecule has 6 N–H and O–H groups in total. The third-order valence-electron chi connectivity index (χ3n) is 6.84. The van der Waals surface area contributed by atoms with Crippen LogP contribution in [0.1, 0.15) is 0 Å². The van der Waals surface area contributed by atoms with E-state index in [1.54, 1.807) is 54.6 Å². The molecule has 230 valence electrons. The fourth-order valence-electron chi connectivity index (χ4n) is 4.62. The van der Waals surface area contributed by atoms with E-state index in [-0.39, 0.29) is 17.2 Å². The normalized spacial score (nSPS) is 10.8. The summed E-state index contributed by atoms with van der Waals surface area (Å²) in [5, 5.41) is 0. The van der Waals surface area contributed by atoms with Crippen molar-refractivity contribution in [1.29, 1.82) is 0 Å². The van der Waals surface area contributed by atoms with Crippen LogP contribution in [0.15, 0.2) is 127 Å². The number of rotatable bonds is 9. The van der Waals surface area contributed by atoms with Crippen molar-refractivity contribution >= 4 is 34.1 Å². The van der Waals surface area contributed by atoms with Gasteiger partial charge in [-0.25, -0.2) is 13.2 Å². The third kappa shape index (κ3) is 6.76. The van der Waals surface area contributed by atoms with E-state index in [0.29, 0.717) is 34.3 Å². The van der Waals surface area contributed by atoms with Gasteiger partial charge in [0.05, 0.1) is 0 Å². The highest BCUT2D eigenvalue weighted by molar-refractivity contribution is 5.77. The maximum atomic E-state index is 14.3. The van der Waals surface area contributed by atoms with E-state index in [9.17, 15) is 13.2 Å². The Morgan fingerprint density at radius 2 is 0.630 bits per heavy atom. The van der Waals surface area contributed by atoms with Crippen LogP contribution >= 0.6 is 0 Å². The first-order chi connectivity index (χ1) is 22.2. The molecule has 0 aliphatic rings. The zero-order valence-electron chi connectivity index (χ0n) is 24.2. The topological polar surface area (TPSA) is 109 Å². The summed E-state index contributed by atoms with van der Waals surface area (Å²) in [5.41, 5.74) is 20.0. The smallest absolute Gasteiger partial charge is 0.167 e. The third-order valence-corrected chi connectivity index (χ3v) is 6.84. The first-order valence-corrected chi connectivity index (χ1v) is 14.0. The van der Waals surface area contributed by atoms with Gasteiger partial charge in [0.15, 0.2) is 34.7 Å². The summed E-state index contributed by atoms with van der Waals surface area (Å²) >= 11 is 0. The second-order valence-corrected chi connectivity index (χ2v) is 10.2. The lowest BCUT2D eigenvalue weighted by molar-refractivity contribution is 0.442. The Balaban J connectivity index is 1.29. The second-order valence-electron chi connectivity index (χ2n) is 10.2. The number of nitrogens with zero attached hydrogens (tertiary/aromatic N) is 1. The Labute approximate surface area is 262 Å². The summed E-state index contributed by atoms with van der Waals surface area (Å²) in [6.07, 6.45) is 0. The highest BCUT2D eigenvalue weighted by Gasteiger charge is 2.15. The molecule has 7 nitrogen and oxygen atoms in total. The van der Waals surface area contributed by atoms with Gasteiger partial charge >= 0.3 is 0 Å². The Morgan fingerprint density at radius 1 is 0.370 bits per heavy atom. The predicted octanol–water partition coefficient (Wildman–Crippen LogP) is 9.70. The van der Waals surface area contributed by atoms with Crippen LogP contribution in [0.25, 0.3) is 0 Å². The van der Waals surface area contributed by atoms with E-state index in [4.69, 9.17) is 31.4 Å². The van der Waals surface area contributed by atoms with Gasteiger partial charge in [-0.1, -0.05) is 0 Å². The molecule has 0 bridgehead atoms. The van der Waals surface area contributed by atoms with Crippen molar-refractivity contribution in [3.63, 3.8) is 0 Å². The average molecular weight is 621 g/mol. The molecule has 0 aromatic heterocycles. The molecule has 6 aromatic carbocycles. The van der Waals surface area contributed by atoms with Crippen LogP contribution in [0.5, 0.6) is 34.5 Å². The molecule has 0 spiro atoms. The van der Waals surface area contributed by atoms with Gasteiger partial charge in [0.1, 0.15) is 17.2 Å². The van der Waals surface area contributed by atoms with Crippen LogP contribution < -0.4 is 36.3 Å². The predicted molar refractivity (Wildman–Crippen MR) is 174 cm³/mol. The van der Waals surface area contributed by atoms with Gasteiger partial charge in [0.25, 0.3) is 0 Å². The van der Waals surface area contributed by atoms with Gasteiger partial charge < -0.3 is 36.3 Å². The molecule has 0 saturated carbocycles. The molecule has 0 aliphatic carbocycles. The summed E-state index contributed by atoms with van der Waals surface area (Å²) in [4.78, 5) is 1.94. The largest absolute Gasteiger partial charge is 0.454 e. The van der Waals surface area contributed by atoms with Crippen LogP contribution in [0.2, 0.25) is 0 Å². The summed E-state index contributed by atoms with van der Waals surface area (Å²) in [6.45, 7) is 0. The highest BCUT2D eigenvalue weighted by Crippen LogP contribution is 2.39. The van der Waals surface area contributed by atoms with Crippen molar-refractivity contribution < 1.29 is 27.4 Å². The van der Waals surface area contributed by atoms with Crippen molar-refractivity contribution in [2.24, 2.45) is 0 Å². The lowest BCUT2D eigenvalue weighted by atomic mass is 10.1. The molecular weight excluding hydrogens is 593 g/mol. The molecule has 46 heavy (non-hydrogen) atoms. The number of nitrogens with two attached hydrogens (primary N) is 3. The summed E-state index contributed by atoms with van der Waals surface area (Å²) in [5.74, 6) is -0.364. The van der Waals surface area contributed by atoms with E-state index < -0.39 is 17.5 Å². The minimum atomic E-state index is -0.576. The Hall–Kier alpha value is -6.29. The maximum Gasteiger partial charge on any atom is 0.167 e. The van der Waals surface area contributed by atoms with Gasteiger partial charge in [-0.05, 0) is 109 Å². The molecule has 0 amide bonds. The van der Waals surface area contributed by atoms with E-state index in [1.165, 1.54) is 36.4 Å². The Morgan fingerprint density at radius 3 is 0.870 bits per heavy atom. The zero-order chi connectivity index (χ0) is 32.2. The molecule has 0 saturated heterocycles. The van der Waals surface area contributed by atoms with E-state index in [2.05, 4.69) is 0 Å². The quantitative estimate of drug-likeness (QED) is 0.138. The van der Waals surface area contributed by atoms with Crippen LogP contribution in [0.4, 0.5) is 47.3 Å². The van der Waals surface area contributed by atoms with Crippen LogP contribution in [-0.4, -0.2) is 0 Å². The van der Waals surface area contributed by atoms with E-state index >= 15 is 0 Å². The SMILES string of the molecule is Nc1ccc(Oc2ccc(N(c3ccc(Oc4ccc(N)cc4F)cc3)c3ccc(Oc4ccc(N)cc4F)cc3)cc2)c(F)c1. The first kappa shape index (κ1) is 29.8. The van der Waals surface area contributed by atoms with Crippen molar-refractivity contribution in [3.8, 4) is 34.5 Å². The Kier molecular flexibility index (Phi) is 8.25. The molecule has 6 aromatic rings. The standard InChI is InChI=1S/C36H27F3N4O3/c37-31-19-22(40)1-16-34(31)44-28-10-4-25(5-11-28)43(26-6-12-29(13-7-26)45-35-17-2-23(41)20-32(35)38)27-8-14-30(15-9-27)46-36-18-3-24(42)21-33(36)39/h1-21H,40-42H2. The van der Waals surface area contributed by atoms with E-state index in [0.717, 1.165) is 17.1 Å². The van der Waals surface area contributed by atoms with Crippen LogP contribution in [-0.2, 0) is 0 Å². The summed E-state index contributed by atoms with van der Waals surface area (Å²) < 4.78 is 60.1. The number of benzene rings is 6. The van der Waals surface area contributed by atoms with E-state index in [1.807, 2.05) is 41.3 Å². The molecule has 6 rings (SSSR count). The molecule has 0 atom stereocenters. The lowest BCUT2D eigenvalue weighted by Gasteiger charge is -2.26. The second kappa shape index (κ2) is 12.7. The zero-order valence-corrected chi connectivity index (χ0v) is 24.2. The minimum Gasteiger partial charge on any atom is -0.454 e. The van der Waals surface area contributed by atoms with Crippen molar-refractivity contribution in [2.45, 2.75) is 0 Å². The van der Waals surface area contributed by atoms with Crippen molar-refractivity contribution in [3.05, 3.63) is 145 Å². The summed E-state index contributed by atoms with van der Waals surface area (Å²) in [6, 6.07) is 33.8. The monoisotopic (exact) mass is 620 g/mol. The maximum absolute atomic E-state index is 14.3. The van der Waals surface area contributed by atoms with Crippen LogP contribution in [0.3, 0.4) is 0 Å². The molecule has 0 heterocycles. The molecule has 0 unspecified atom stereocenters. The number of halogens is 3. The lowest BCUT2D eigenvalue weighted by Crippen LogP contribution is -2.09. The number of hydrogen-bond donors (Lipinski definition) is 3. The number of ether oxygens (including phenoxy) is 3.